The molecule has 0 unspecified atom stereocenters. The molecule has 1 N–H and O–H groups in total. The Hall–Kier alpha value is -3.32. The van der Waals surface area contributed by atoms with E-state index < -0.39 is 6.04 Å². The molecule has 1 aromatic heterocycles. The van der Waals surface area contributed by atoms with E-state index in [0.717, 1.165) is 42.5 Å². The largest absolute Gasteiger partial charge is 0.454 e. The van der Waals surface area contributed by atoms with Crippen molar-refractivity contribution in [1.29, 1.82) is 0 Å². The Balaban J connectivity index is 1.56. The lowest BCUT2D eigenvalue weighted by Gasteiger charge is -2.32. The first-order valence-electron chi connectivity index (χ1n) is 12.3. The molecule has 1 fully saturated rings. The number of thiophene rings is 1. The molecule has 1 aliphatic carbocycles. The first-order chi connectivity index (χ1) is 17.1. The normalized spacial score (nSPS) is 15.7. The van der Waals surface area contributed by atoms with E-state index in [9.17, 15) is 9.59 Å². The molecule has 2 amide bonds. The summed E-state index contributed by atoms with van der Waals surface area (Å²) in [5.41, 5.74) is 2.58. The van der Waals surface area contributed by atoms with E-state index in [1.54, 1.807) is 17.0 Å². The van der Waals surface area contributed by atoms with Crippen LogP contribution in [-0.4, -0.2) is 24.6 Å². The Morgan fingerprint density at radius 1 is 1.06 bits per heavy atom. The number of aryl methyl sites for hydroxylation is 1. The second kappa shape index (κ2) is 10.5. The second-order valence-electron chi connectivity index (χ2n) is 9.05. The van der Waals surface area contributed by atoms with Crippen LogP contribution in [0, 0.1) is 0 Å². The molecule has 1 atom stereocenters. The molecule has 2 heterocycles. The lowest BCUT2D eigenvalue weighted by atomic mass is 9.99. The highest BCUT2D eigenvalue weighted by molar-refractivity contribution is 7.10. The van der Waals surface area contributed by atoms with Crippen molar-refractivity contribution >= 4 is 28.8 Å². The zero-order chi connectivity index (χ0) is 24.2. The van der Waals surface area contributed by atoms with E-state index in [2.05, 4.69) is 12.2 Å². The average Bonchev–Trinajstić information content (AvgIpc) is 3.65. The number of ether oxygens (including phenoxy) is 2. The summed E-state index contributed by atoms with van der Waals surface area (Å²) in [4.78, 5) is 30.3. The SMILES string of the molecule is CCc1ccc([C@@H](C(=O)NC2CCCC2)N(C(=O)Cc2cccs2)c2ccc3c(c2)OCO3)cc1. The van der Waals surface area contributed by atoms with E-state index >= 15 is 0 Å². The van der Waals surface area contributed by atoms with Crippen molar-refractivity contribution in [3.05, 3.63) is 76.0 Å². The van der Waals surface area contributed by atoms with Gasteiger partial charge in [0.2, 0.25) is 18.6 Å². The van der Waals surface area contributed by atoms with Crippen molar-refractivity contribution in [3.8, 4) is 11.5 Å². The number of hydrogen-bond donors (Lipinski definition) is 1. The van der Waals surface area contributed by atoms with Crippen molar-refractivity contribution in [2.45, 2.75) is 57.5 Å². The molecule has 1 saturated carbocycles. The molecule has 3 aromatic rings. The molecule has 2 aromatic carbocycles. The average molecular weight is 491 g/mol. The molecule has 0 radical (unpaired) electrons. The maximum atomic E-state index is 13.9. The van der Waals surface area contributed by atoms with Crippen LogP contribution in [0.5, 0.6) is 11.5 Å². The van der Waals surface area contributed by atoms with Gasteiger partial charge in [0.05, 0.1) is 6.42 Å². The predicted octanol–water partition coefficient (Wildman–Crippen LogP) is 5.42. The summed E-state index contributed by atoms with van der Waals surface area (Å²) in [6.07, 6.45) is 5.30. The number of rotatable bonds is 8. The highest BCUT2D eigenvalue weighted by Crippen LogP contribution is 2.38. The van der Waals surface area contributed by atoms with Crippen LogP contribution in [0.4, 0.5) is 5.69 Å². The van der Waals surface area contributed by atoms with Crippen LogP contribution in [0.2, 0.25) is 0 Å². The van der Waals surface area contributed by atoms with Crippen LogP contribution in [0.1, 0.15) is 54.7 Å². The fourth-order valence-corrected chi connectivity index (χ4v) is 5.52. The highest BCUT2D eigenvalue weighted by Gasteiger charge is 2.35. The third kappa shape index (κ3) is 5.20. The number of anilines is 1. The quantitative estimate of drug-likeness (QED) is 0.458. The summed E-state index contributed by atoms with van der Waals surface area (Å²) in [7, 11) is 0. The number of carbonyl (C=O) groups is 2. The van der Waals surface area contributed by atoms with Crippen LogP contribution < -0.4 is 19.7 Å². The van der Waals surface area contributed by atoms with E-state index in [4.69, 9.17) is 9.47 Å². The molecule has 0 bridgehead atoms. The third-order valence-electron chi connectivity index (χ3n) is 6.72. The Morgan fingerprint density at radius 3 is 2.54 bits per heavy atom. The van der Waals surface area contributed by atoms with Gasteiger partial charge < -0.3 is 14.8 Å². The standard InChI is InChI=1S/C28H30N2O4S/c1-2-19-9-11-20(12-10-19)27(28(32)29-21-6-3-4-7-21)30(26(31)17-23-8-5-15-35-23)22-13-14-24-25(16-22)34-18-33-24/h5,8-16,21,27H,2-4,6-7,17-18H2,1H3,(H,29,32)/t27-/m0/s1. The fourth-order valence-electron chi connectivity index (χ4n) is 4.82. The minimum Gasteiger partial charge on any atom is -0.454 e. The van der Waals surface area contributed by atoms with Crippen LogP contribution in [0.25, 0.3) is 0 Å². The van der Waals surface area contributed by atoms with Crippen molar-refractivity contribution in [1.82, 2.24) is 5.32 Å². The number of hydrogen-bond acceptors (Lipinski definition) is 5. The van der Waals surface area contributed by atoms with Gasteiger partial charge in [-0.25, -0.2) is 0 Å². The van der Waals surface area contributed by atoms with E-state index in [1.807, 2.05) is 47.8 Å². The molecule has 1 aliphatic heterocycles. The van der Waals surface area contributed by atoms with Gasteiger partial charge >= 0.3 is 0 Å². The number of carbonyl (C=O) groups excluding carboxylic acids is 2. The summed E-state index contributed by atoms with van der Waals surface area (Å²) in [6, 6.07) is 16.7. The van der Waals surface area contributed by atoms with Crippen molar-refractivity contribution < 1.29 is 19.1 Å². The third-order valence-corrected chi connectivity index (χ3v) is 7.60. The van der Waals surface area contributed by atoms with Gasteiger partial charge in [-0.3, -0.25) is 14.5 Å². The smallest absolute Gasteiger partial charge is 0.248 e. The van der Waals surface area contributed by atoms with E-state index in [0.29, 0.717) is 17.2 Å². The summed E-state index contributed by atoms with van der Waals surface area (Å²) >= 11 is 1.54. The molecule has 6 nitrogen and oxygen atoms in total. The van der Waals surface area contributed by atoms with E-state index in [-0.39, 0.29) is 31.1 Å². The summed E-state index contributed by atoms with van der Waals surface area (Å²) in [5, 5.41) is 5.20. The number of fused-ring (bicyclic) bond motifs is 1. The van der Waals surface area contributed by atoms with E-state index in [1.165, 1.54) is 16.9 Å². The maximum absolute atomic E-state index is 13.9. The molecule has 5 rings (SSSR count). The van der Waals surface area contributed by atoms with Crippen molar-refractivity contribution in [2.75, 3.05) is 11.7 Å². The number of benzene rings is 2. The Morgan fingerprint density at radius 2 is 1.83 bits per heavy atom. The highest BCUT2D eigenvalue weighted by atomic mass is 32.1. The van der Waals surface area contributed by atoms with Gasteiger partial charge in [-0.2, -0.15) is 0 Å². The first kappa shape index (κ1) is 23.4. The van der Waals surface area contributed by atoms with Crippen LogP contribution >= 0.6 is 11.3 Å². The monoisotopic (exact) mass is 490 g/mol. The van der Waals surface area contributed by atoms with Crippen molar-refractivity contribution in [2.24, 2.45) is 0 Å². The van der Waals surface area contributed by atoms with Gasteiger partial charge in [-0.15, -0.1) is 11.3 Å². The van der Waals surface area contributed by atoms with Crippen LogP contribution in [-0.2, 0) is 22.4 Å². The van der Waals surface area contributed by atoms with Gasteiger partial charge in [0.1, 0.15) is 6.04 Å². The topological polar surface area (TPSA) is 67.9 Å². The molecular weight excluding hydrogens is 460 g/mol. The van der Waals surface area contributed by atoms with Crippen LogP contribution in [0.15, 0.2) is 60.0 Å². The van der Waals surface area contributed by atoms with Gasteiger partial charge in [0, 0.05) is 22.7 Å². The molecule has 2 aliphatic rings. The number of amides is 2. The zero-order valence-corrected chi connectivity index (χ0v) is 20.7. The molecule has 182 valence electrons. The molecule has 0 saturated heterocycles. The Kier molecular flexibility index (Phi) is 7.04. The first-order valence-corrected chi connectivity index (χ1v) is 13.1. The predicted molar refractivity (Wildman–Crippen MR) is 137 cm³/mol. The summed E-state index contributed by atoms with van der Waals surface area (Å²) < 4.78 is 11.1. The summed E-state index contributed by atoms with van der Waals surface area (Å²) in [6.45, 7) is 2.24. The number of nitrogens with one attached hydrogen (secondary N) is 1. The van der Waals surface area contributed by atoms with Gasteiger partial charge in [-0.1, -0.05) is 50.1 Å². The molecule has 0 spiro atoms. The molecule has 7 heteroatoms. The molecule has 35 heavy (non-hydrogen) atoms. The summed E-state index contributed by atoms with van der Waals surface area (Å²) in [5.74, 6) is 0.919. The van der Waals surface area contributed by atoms with Crippen LogP contribution in [0.3, 0.4) is 0 Å². The lowest BCUT2D eigenvalue weighted by Crippen LogP contribution is -2.46. The fraction of sp³-hybridized carbons (Fsp3) is 0.357. The zero-order valence-electron chi connectivity index (χ0n) is 19.9. The minimum atomic E-state index is -0.797. The molecular formula is C28H30N2O4S. The maximum Gasteiger partial charge on any atom is 0.248 e. The van der Waals surface area contributed by atoms with Gasteiger partial charge in [0.15, 0.2) is 11.5 Å². The second-order valence-corrected chi connectivity index (χ2v) is 10.1. The van der Waals surface area contributed by atoms with Crippen molar-refractivity contribution in [3.63, 3.8) is 0 Å². The van der Waals surface area contributed by atoms with Gasteiger partial charge in [-0.05, 0) is 54.0 Å². The Labute approximate surface area is 209 Å². The van der Waals surface area contributed by atoms with Gasteiger partial charge in [0.25, 0.3) is 0 Å². The number of nitrogens with zero attached hydrogens (tertiary/aromatic N) is 1. The lowest BCUT2D eigenvalue weighted by molar-refractivity contribution is -0.127. The minimum absolute atomic E-state index is 0.141. The Bertz CT molecular complexity index is 1170.